The predicted octanol–water partition coefficient (Wildman–Crippen LogP) is 1.04. The van der Waals surface area contributed by atoms with Crippen molar-refractivity contribution in [3.63, 3.8) is 0 Å². The molecule has 0 aliphatic rings. The van der Waals surface area contributed by atoms with Crippen LogP contribution in [0.5, 0.6) is 0 Å². The average molecular weight is 226 g/mol. The van der Waals surface area contributed by atoms with Gasteiger partial charge in [0.1, 0.15) is 0 Å². The molecule has 0 unspecified atom stereocenters. The molecule has 0 fully saturated rings. The molecule has 2 radical (unpaired) electrons. The summed E-state index contributed by atoms with van der Waals surface area (Å²) in [4.78, 5) is 0. The third-order valence-corrected chi connectivity index (χ3v) is 0.354. The van der Waals surface area contributed by atoms with E-state index >= 15 is 0 Å². The van der Waals surface area contributed by atoms with Gasteiger partial charge < -0.3 is 19.7 Å². The van der Waals surface area contributed by atoms with Gasteiger partial charge in [0.05, 0.1) is 0 Å². The van der Waals surface area contributed by atoms with Gasteiger partial charge in [-0.05, 0) is 0 Å². The summed E-state index contributed by atoms with van der Waals surface area (Å²) in [6.45, 7) is 4.49. The molecular weight excluding hydrogens is 214 g/mol. The third-order valence-electron chi connectivity index (χ3n) is 0.354. The zero-order valence-electron chi connectivity index (χ0n) is 5.35. The normalized spacial score (nSPS) is 5.25. The molecule has 8 heavy (non-hydrogen) atoms. The average Bonchev–Trinajstić information content (AvgIpc) is 1.41. The standard InChI is InChI=1S/C4H9N.CH3.V.Y/c1-3-4-5-2;;;/h5H,1-4H2;1H3;;/q-2;-1;;. The molecule has 0 atom stereocenters. The van der Waals surface area contributed by atoms with Crippen LogP contribution >= 0.6 is 0 Å². The second-order valence-corrected chi connectivity index (χ2v) is 0.854. The van der Waals surface area contributed by atoms with Crippen LogP contribution in [0.4, 0.5) is 0 Å². The van der Waals surface area contributed by atoms with Crippen LogP contribution in [-0.4, -0.2) is 6.54 Å². The largest absolute Gasteiger partial charge is 0.475 e. The van der Waals surface area contributed by atoms with Gasteiger partial charge in [0, 0.05) is 51.3 Å². The predicted molar refractivity (Wildman–Crippen MR) is 29.7 cm³/mol. The van der Waals surface area contributed by atoms with Gasteiger partial charge in [-0.15, -0.1) is 0 Å². The minimum absolute atomic E-state index is 0. The van der Waals surface area contributed by atoms with Gasteiger partial charge in [-0.1, -0.05) is 6.54 Å². The first-order valence-electron chi connectivity index (χ1n) is 1.71. The molecule has 0 spiro atoms. The Balaban J connectivity index is -0.0000000267. The Hall–Kier alpha value is 1.65. The first-order chi connectivity index (χ1) is 2.41. The molecule has 0 amide bonds. The quantitative estimate of drug-likeness (QED) is 0.693. The summed E-state index contributed by atoms with van der Waals surface area (Å²) in [6, 6.07) is 0. The molecule has 0 saturated heterocycles. The van der Waals surface area contributed by atoms with Crippen molar-refractivity contribution in [2.24, 2.45) is 0 Å². The maximum atomic E-state index is 3.57. The van der Waals surface area contributed by atoms with Gasteiger partial charge in [-0.3, -0.25) is 7.05 Å². The molecule has 1 N–H and O–H groups in total. The molecule has 0 heterocycles. The van der Waals surface area contributed by atoms with Crippen LogP contribution in [0.2, 0.25) is 0 Å². The van der Waals surface area contributed by atoms with Crippen LogP contribution in [0, 0.1) is 21.4 Å². The molecule has 1 nitrogen and oxygen atoms in total. The molecule has 0 aliphatic heterocycles. The summed E-state index contributed by atoms with van der Waals surface area (Å²) >= 11 is 0. The van der Waals surface area contributed by atoms with Gasteiger partial charge >= 0.3 is 0 Å². The van der Waals surface area contributed by atoms with Crippen molar-refractivity contribution < 1.29 is 51.3 Å². The molecule has 0 rings (SSSR count). The van der Waals surface area contributed by atoms with Crippen LogP contribution in [0.25, 0.3) is 0 Å². The van der Waals surface area contributed by atoms with E-state index in [2.05, 4.69) is 19.3 Å². The second kappa shape index (κ2) is 23.4. The zero-order chi connectivity index (χ0) is 4.12. The Morgan fingerprint density at radius 2 is 1.75 bits per heavy atom. The first-order valence-corrected chi connectivity index (χ1v) is 1.71. The van der Waals surface area contributed by atoms with Crippen LogP contribution in [0.15, 0.2) is 0 Å². The fourth-order valence-corrected chi connectivity index (χ4v) is 0.125. The molecule has 48 valence electrons. The maximum absolute atomic E-state index is 3.57. The van der Waals surface area contributed by atoms with Gasteiger partial charge in [0.15, 0.2) is 0 Å². The van der Waals surface area contributed by atoms with Crippen molar-refractivity contribution in [3.05, 3.63) is 21.4 Å². The van der Waals surface area contributed by atoms with Crippen LogP contribution in [0.1, 0.15) is 6.42 Å². The van der Waals surface area contributed by atoms with E-state index in [1.54, 1.807) is 0 Å². The molecular formula is C5H12NVY-3. The Morgan fingerprint density at radius 1 is 1.38 bits per heavy atom. The van der Waals surface area contributed by atoms with Crippen molar-refractivity contribution in [1.82, 2.24) is 5.32 Å². The van der Waals surface area contributed by atoms with E-state index in [-0.39, 0.29) is 58.7 Å². The van der Waals surface area contributed by atoms with Crippen LogP contribution < -0.4 is 5.32 Å². The second-order valence-electron chi connectivity index (χ2n) is 0.854. The van der Waals surface area contributed by atoms with Crippen molar-refractivity contribution in [1.29, 1.82) is 0 Å². The number of nitrogens with one attached hydrogen (secondary N) is 1. The fourth-order valence-electron chi connectivity index (χ4n) is 0.125. The summed E-state index contributed by atoms with van der Waals surface area (Å²) in [5, 5.41) is 2.70. The van der Waals surface area contributed by atoms with E-state index in [1.807, 2.05) is 0 Å². The van der Waals surface area contributed by atoms with E-state index in [1.165, 1.54) is 0 Å². The Labute approximate surface area is 90.1 Å². The van der Waals surface area contributed by atoms with Crippen molar-refractivity contribution in [2.75, 3.05) is 6.54 Å². The van der Waals surface area contributed by atoms with E-state index in [9.17, 15) is 0 Å². The van der Waals surface area contributed by atoms with Gasteiger partial charge in [0.2, 0.25) is 0 Å². The maximum Gasteiger partial charge on any atom is 0 e. The van der Waals surface area contributed by atoms with E-state index in [0.717, 1.165) is 13.0 Å². The Bertz CT molecular complexity index is 19.9. The summed E-state index contributed by atoms with van der Waals surface area (Å²) in [5.41, 5.74) is 0. The van der Waals surface area contributed by atoms with Crippen LogP contribution in [-0.2, 0) is 51.3 Å². The molecule has 0 saturated carbocycles. The van der Waals surface area contributed by atoms with Gasteiger partial charge in [0.25, 0.3) is 0 Å². The molecule has 0 bridgehead atoms. The monoisotopic (exact) mass is 226 g/mol. The summed E-state index contributed by atoms with van der Waals surface area (Å²) in [7, 11) is 3.39. The summed E-state index contributed by atoms with van der Waals surface area (Å²) < 4.78 is 0. The van der Waals surface area contributed by atoms with Gasteiger partial charge in [-0.25, -0.2) is 0 Å². The SMILES string of the molecule is [CH2-]CCN[CH2-].[CH3-].[V].[Y]. The number of hydrogen-bond acceptors (Lipinski definition) is 1. The molecule has 3 heteroatoms. The Kier molecular flexibility index (Phi) is 66.2. The van der Waals surface area contributed by atoms with E-state index < -0.39 is 0 Å². The molecule has 0 aliphatic carbocycles. The molecule has 0 aromatic carbocycles. The van der Waals surface area contributed by atoms with Crippen molar-refractivity contribution in [3.8, 4) is 0 Å². The van der Waals surface area contributed by atoms with E-state index in [0.29, 0.717) is 0 Å². The molecule has 0 aromatic rings. The number of hydrogen-bond donors (Lipinski definition) is 1. The smallest absolute Gasteiger partial charge is 0 e. The van der Waals surface area contributed by atoms with Crippen molar-refractivity contribution in [2.45, 2.75) is 6.42 Å². The summed E-state index contributed by atoms with van der Waals surface area (Å²) in [5.74, 6) is 0. The minimum Gasteiger partial charge on any atom is -0.475 e. The van der Waals surface area contributed by atoms with Crippen LogP contribution in [0.3, 0.4) is 0 Å². The third kappa shape index (κ3) is 25.4. The first kappa shape index (κ1) is 22.6. The molecule has 0 aromatic heterocycles. The zero-order valence-corrected chi connectivity index (χ0v) is 9.59. The van der Waals surface area contributed by atoms with Gasteiger partial charge in [-0.2, -0.15) is 6.42 Å². The fraction of sp³-hybridized carbons (Fsp3) is 0.400. The topological polar surface area (TPSA) is 12.0 Å². The minimum atomic E-state index is 0. The summed E-state index contributed by atoms with van der Waals surface area (Å²) in [6.07, 6.45) is 0.920. The Morgan fingerprint density at radius 3 is 1.75 bits per heavy atom. The number of rotatable bonds is 2. The van der Waals surface area contributed by atoms with Crippen molar-refractivity contribution >= 4 is 0 Å². The van der Waals surface area contributed by atoms with E-state index in [4.69, 9.17) is 0 Å².